The highest BCUT2D eigenvalue weighted by Gasteiger charge is 2.55. The van der Waals surface area contributed by atoms with Crippen LogP contribution in [0, 0.1) is 32.1 Å². The summed E-state index contributed by atoms with van der Waals surface area (Å²) in [5, 5.41) is 21.2. The Morgan fingerprint density at radius 1 is 0.750 bits per heavy atom. The molecule has 0 radical (unpaired) electrons. The molecule has 10 heteroatoms. The summed E-state index contributed by atoms with van der Waals surface area (Å²) in [6.45, 7) is 3.65. The quantitative estimate of drug-likeness (QED) is 0.243. The van der Waals surface area contributed by atoms with Crippen molar-refractivity contribution in [2.45, 2.75) is 0 Å². The van der Waals surface area contributed by atoms with Crippen LogP contribution in [0.2, 0.25) is 0 Å². The molecule has 10 nitrogen and oxygen atoms in total. The number of benzene rings is 2. The summed E-state index contributed by atoms with van der Waals surface area (Å²) in [4.78, 5) is 44.4. The van der Waals surface area contributed by atoms with E-state index in [9.17, 15) is 29.8 Å². The van der Waals surface area contributed by atoms with Crippen molar-refractivity contribution in [2.24, 2.45) is 11.8 Å². The van der Waals surface area contributed by atoms with Crippen LogP contribution in [-0.2, 0) is 9.59 Å². The molecule has 0 spiro atoms. The summed E-state index contributed by atoms with van der Waals surface area (Å²) in [7, 11) is 0. The summed E-state index contributed by atoms with van der Waals surface area (Å²) in [5.41, 5.74) is 0.0131. The largest absolute Gasteiger partial charge is 0.426 e. The van der Waals surface area contributed by atoms with Crippen LogP contribution in [0.3, 0.4) is 0 Å². The fourth-order valence-corrected chi connectivity index (χ4v) is 2.52. The molecule has 0 N–H and O–H groups in total. The highest BCUT2D eigenvalue weighted by molar-refractivity contribution is 5.96. The molecule has 3 rings (SSSR count). The topological polar surface area (TPSA) is 139 Å². The second kappa shape index (κ2) is 7.27. The van der Waals surface area contributed by atoms with Crippen molar-refractivity contribution in [3.05, 3.63) is 80.9 Å². The Bertz CT molecular complexity index is 902. The molecule has 0 heterocycles. The van der Waals surface area contributed by atoms with Gasteiger partial charge in [-0.15, -0.1) is 0 Å². The molecule has 1 fully saturated rings. The van der Waals surface area contributed by atoms with Crippen LogP contribution in [-0.4, -0.2) is 21.8 Å². The van der Waals surface area contributed by atoms with Crippen LogP contribution in [0.25, 0.3) is 0 Å². The number of carbonyl (C=O) groups is 2. The molecule has 0 bridgehead atoms. The molecule has 0 unspecified atom stereocenters. The first-order chi connectivity index (χ1) is 13.3. The Kier molecular flexibility index (Phi) is 4.86. The zero-order valence-electron chi connectivity index (χ0n) is 14.1. The van der Waals surface area contributed by atoms with Crippen LogP contribution in [0.1, 0.15) is 0 Å². The lowest BCUT2D eigenvalue weighted by atomic mass is 10.3. The van der Waals surface area contributed by atoms with Gasteiger partial charge in [0.1, 0.15) is 11.5 Å². The van der Waals surface area contributed by atoms with Crippen LogP contribution < -0.4 is 9.47 Å². The molecule has 2 aromatic carbocycles. The number of hydrogen-bond acceptors (Lipinski definition) is 8. The van der Waals surface area contributed by atoms with Crippen molar-refractivity contribution in [1.82, 2.24) is 0 Å². The molecule has 0 amide bonds. The molecule has 0 aromatic heterocycles. The second-order valence-corrected chi connectivity index (χ2v) is 5.87. The van der Waals surface area contributed by atoms with Gasteiger partial charge in [0.05, 0.1) is 21.7 Å². The number of nitro benzene ring substituents is 2. The molecule has 2 atom stereocenters. The highest BCUT2D eigenvalue weighted by Crippen LogP contribution is 2.46. The minimum atomic E-state index is -0.888. The third-order valence-electron chi connectivity index (χ3n) is 4.06. The van der Waals surface area contributed by atoms with Gasteiger partial charge in [-0.1, -0.05) is 6.58 Å². The standard InChI is InChI=1S/C18H12N2O8/c1-10-15(17(21)27-13-6-2-11(3-7-13)19(23)24)16(10)18(22)28-14-8-4-12(5-9-14)20(25)26/h2-9,15-16H,1H2/t15-,16-/m1/s1. The van der Waals surface area contributed by atoms with E-state index in [1.165, 1.54) is 48.5 Å². The number of esters is 2. The Balaban J connectivity index is 1.59. The van der Waals surface area contributed by atoms with Gasteiger partial charge in [-0.05, 0) is 29.8 Å². The SMILES string of the molecule is C=C1[C@@H](C(=O)Oc2ccc([N+](=O)[O-])cc2)[C@@H]1C(=O)Oc1ccc([N+](=O)[O-])cc1. The van der Waals surface area contributed by atoms with E-state index in [2.05, 4.69) is 6.58 Å². The fraction of sp³-hybridized carbons (Fsp3) is 0.111. The van der Waals surface area contributed by atoms with E-state index in [0.717, 1.165) is 0 Å². The lowest BCUT2D eigenvalue weighted by molar-refractivity contribution is -0.385. The maximum atomic E-state index is 12.2. The molecule has 0 saturated heterocycles. The number of hydrogen-bond donors (Lipinski definition) is 0. The van der Waals surface area contributed by atoms with Crippen molar-refractivity contribution < 1.29 is 28.9 Å². The van der Waals surface area contributed by atoms with Crippen molar-refractivity contribution in [3.63, 3.8) is 0 Å². The number of non-ortho nitro benzene ring substituents is 2. The predicted octanol–water partition coefficient (Wildman–Crippen LogP) is 2.82. The molecule has 1 aliphatic carbocycles. The first kappa shape index (κ1) is 18.7. The van der Waals surface area contributed by atoms with E-state index < -0.39 is 33.6 Å². The van der Waals surface area contributed by atoms with E-state index in [1.807, 2.05) is 0 Å². The number of rotatable bonds is 6. The smallest absolute Gasteiger partial charge is 0.319 e. The molecule has 2 aromatic rings. The van der Waals surface area contributed by atoms with Gasteiger partial charge in [-0.2, -0.15) is 0 Å². The summed E-state index contributed by atoms with van der Waals surface area (Å²) >= 11 is 0. The van der Waals surface area contributed by atoms with Crippen molar-refractivity contribution in [3.8, 4) is 11.5 Å². The van der Waals surface area contributed by atoms with E-state index in [4.69, 9.17) is 9.47 Å². The van der Waals surface area contributed by atoms with E-state index in [-0.39, 0.29) is 22.9 Å². The normalized spacial score (nSPS) is 17.5. The maximum absolute atomic E-state index is 12.2. The number of carbonyl (C=O) groups excluding carboxylic acids is 2. The van der Waals surface area contributed by atoms with Gasteiger partial charge >= 0.3 is 11.9 Å². The van der Waals surface area contributed by atoms with Crippen LogP contribution in [0.5, 0.6) is 11.5 Å². The molecule has 28 heavy (non-hydrogen) atoms. The van der Waals surface area contributed by atoms with Crippen LogP contribution in [0.4, 0.5) is 11.4 Å². The average Bonchev–Trinajstić information content (AvgIpc) is 3.34. The summed E-state index contributed by atoms with van der Waals surface area (Å²) < 4.78 is 10.2. The predicted molar refractivity (Wildman–Crippen MR) is 93.6 cm³/mol. The summed E-state index contributed by atoms with van der Waals surface area (Å²) in [5.74, 6) is -3.05. The average molecular weight is 384 g/mol. The van der Waals surface area contributed by atoms with Gasteiger partial charge in [0.25, 0.3) is 11.4 Å². The van der Waals surface area contributed by atoms with Gasteiger partial charge in [0.2, 0.25) is 0 Å². The monoisotopic (exact) mass is 384 g/mol. The lowest BCUT2D eigenvalue weighted by Gasteiger charge is -2.04. The Morgan fingerprint density at radius 3 is 1.36 bits per heavy atom. The number of nitrogens with zero attached hydrogens (tertiary/aromatic N) is 2. The number of ether oxygens (including phenoxy) is 2. The first-order valence-electron chi connectivity index (χ1n) is 7.89. The summed E-state index contributed by atoms with van der Waals surface area (Å²) in [6.07, 6.45) is 0. The van der Waals surface area contributed by atoms with Crippen molar-refractivity contribution in [2.75, 3.05) is 0 Å². The van der Waals surface area contributed by atoms with Crippen molar-refractivity contribution >= 4 is 23.3 Å². The van der Waals surface area contributed by atoms with Crippen molar-refractivity contribution in [1.29, 1.82) is 0 Å². The zero-order chi connectivity index (χ0) is 20.4. The third-order valence-corrected chi connectivity index (χ3v) is 4.06. The minimum Gasteiger partial charge on any atom is -0.426 e. The van der Waals surface area contributed by atoms with Crippen LogP contribution in [0.15, 0.2) is 60.7 Å². The minimum absolute atomic E-state index is 0.0952. The molecular weight excluding hydrogens is 372 g/mol. The summed E-state index contributed by atoms with van der Waals surface area (Å²) in [6, 6.07) is 9.82. The van der Waals surface area contributed by atoms with Crippen LogP contribution >= 0.6 is 0 Å². The molecule has 1 aliphatic rings. The van der Waals surface area contributed by atoms with E-state index >= 15 is 0 Å². The lowest BCUT2D eigenvalue weighted by Crippen LogP contribution is -2.17. The van der Waals surface area contributed by atoms with Gasteiger partial charge in [0, 0.05) is 24.3 Å². The first-order valence-corrected chi connectivity index (χ1v) is 7.89. The van der Waals surface area contributed by atoms with E-state index in [1.54, 1.807) is 0 Å². The molecular formula is C18H12N2O8. The third kappa shape index (κ3) is 3.85. The Hall–Kier alpha value is -4.08. The molecule has 1 saturated carbocycles. The van der Waals surface area contributed by atoms with Gasteiger partial charge < -0.3 is 9.47 Å². The Morgan fingerprint density at radius 2 is 1.07 bits per heavy atom. The Labute approximate surface area is 157 Å². The maximum Gasteiger partial charge on any atom is 0.319 e. The second-order valence-electron chi connectivity index (χ2n) is 5.87. The molecule has 142 valence electrons. The zero-order valence-corrected chi connectivity index (χ0v) is 14.1. The van der Waals surface area contributed by atoms with Gasteiger partial charge in [-0.25, -0.2) is 0 Å². The number of nitro groups is 2. The highest BCUT2D eigenvalue weighted by atomic mass is 16.6. The van der Waals surface area contributed by atoms with E-state index in [0.29, 0.717) is 5.57 Å². The molecule has 0 aliphatic heterocycles. The van der Waals surface area contributed by atoms with Gasteiger partial charge in [0.15, 0.2) is 0 Å². The van der Waals surface area contributed by atoms with Gasteiger partial charge in [-0.3, -0.25) is 29.8 Å². The fourth-order valence-electron chi connectivity index (χ4n) is 2.52.